The van der Waals surface area contributed by atoms with Crippen molar-refractivity contribution in [2.75, 3.05) is 15.9 Å². The molecular weight excluding hydrogens is 402 g/mol. The Hall–Kier alpha value is -1.83. The monoisotopic (exact) mass is 418 g/mol. The van der Waals surface area contributed by atoms with Crippen molar-refractivity contribution in [3.63, 3.8) is 0 Å². The number of carbonyl (C=O) groups excluding carboxylic acids is 1. The van der Waals surface area contributed by atoms with E-state index in [1.807, 2.05) is 0 Å². The van der Waals surface area contributed by atoms with Gasteiger partial charge in [-0.3, -0.25) is 9.10 Å². The molecule has 2 aromatic rings. The van der Waals surface area contributed by atoms with E-state index in [-0.39, 0.29) is 22.8 Å². The molecule has 1 atom stereocenters. The molecule has 0 aromatic heterocycles. The van der Waals surface area contributed by atoms with E-state index in [0.717, 1.165) is 16.6 Å². The van der Waals surface area contributed by atoms with Crippen LogP contribution in [-0.4, -0.2) is 26.6 Å². The van der Waals surface area contributed by atoms with Gasteiger partial charge in [0.15, 0.2) is 0 Å². The van der Waals surface area contributed by atoms with Crippen LogP contribution < -0.4 is 9.62 Å². The van der Waals surface area contributed by atoms with Crippen molar-refractivity contribution >= 4 is 50.5 Å². The molecule has 0 aliphatic carbocycles. The van der Waals surface area contributed by atoms with Crippen LogP contribution in [0.3, 0.4) is 0 Å². The van der Waals surface area contributed by atoms with Crippen LogP contribution in [0.1, 0.15) is 13.3 Å². The predicted molar refractivity (Wildman–Crippen MR) is 103 cm³/mol. The molecule has 140 valence electrons. The van der Waals surface area contributed by atoms with Gasteiger partial charge in [-0.05, 0) is 36.8 Å². The van der Waals surface area contributed by atoms with Crippen molar-refractivity contribution < 1.29 is 17.6 Å². The molecule has 1 unspecified atom stereocenters. The number of nitrogens with zero attached hydrogens (tertiary/aromatic N) is 1. The van der Waals surface area contributed by atoms with Gasteiger partial charge in [0.1, 0.15) is 11.9 Å². The lowest BCUT2D eigenvalue weighted by molar-refractivity contribution is -0.117. The lowest BCUT2D eigenvalue weighted by Gasteiger charge is -2.30. The smallest absolute Gasteiger partial charge is 0.248 e. The van der Waals surface area contributed by atoms with Gasteiger partial charge in [-0.25, -0.2) is 12.8 Å². The number of sulfonamides is 1. The summed E-state index contributed by atoms with van der Waals surface area (Å²) in [5.74, 6) is -1.39. The summed E-state index contributed by atoms with van der Waals surface area (Å²) in [4.78, 5) is 12.7. The second kappa shape index (κ2) is 8.24. The van der Waals surface area contributed by atoms with Gasteiger partial charge in [-0.2, -0.15) is 0 Å². The lowest BCUT2D eigenvalue weighted by atomic mass is 10.1. The molecule has 9 heteroatoms. The van der Waals surface area contributed by atoms with Crippen LogP contribution in [0.15, 0.2) is 42.5 Å². The highest BCUT2D eigenvalue weighted by molar-refractivity contribution is 7.92. The minimum atomic E-state index is -3.93. The van der Waals surface area contributed by atoms with E-state index in [9.17, 15) is 17.6 Å². The first-order valence-electron chi connectivity index (χ1n) is 7.65. The van der Waals surface area contributed by atoms with Crippen LogP contribution >= 0.6 is 23.2 Å². The highest BCUT2D eigenvalue weighted by Gasteiger charge is 2.33. The summed E-state index contributed by atoms with van der Waals surface area (Å²) < 4.78 is 39.6. The van der Waals surface area contributed by atoms with Gasteiger partial charge in [0.2, 0.25) is 15.9 Å². The zero-order valence-corrected chi connectivity index (χ0v) is 16.4. The van der Waals surface area contributed by atoms with E-state index in [2.05, 4.69) is 5.32 Å². The average Bonchev–Trinajstić information content (AvgIpc) is 2.55. The molecule has 0 heterocycles. The van der Waals surface area contributed by atoms with Gasteiger partial charge in [0.25, 0.3) is 0 Å². The third-order valence-electron chi connectivity index (χ3n) is 3.61. The molecule has 5 nitrogen and oxygen atoms in total. The largest absolute Gasteiger partial charge is 0.323 e. The molecular formula is C17H17Cl2FN2O3S. The Kier molecular flexibility index (Phi) is 6.49. The van der Waals surface area contributed by atoms with E-state index in [0.29, 0.717) is 5.02 Å². The Morgan fingerprint density at radius 1 is 1.23 bits per heavy atom. The van der Waals surface area contributed by atoms with Crippen molar-refractivity contribution in [1.82, 2.24) is 0 Å². The molecule has 0 bridgehead atoms. The Bertz CT molecular complexity index is 922. The van der Waals surface area contributed by atoms with Crippen LogP contribution in [0.5, 0.6) is 0 Å². The number of benzene rings is 2. The Morgan fingerprint density at radius 3 is 2.46 bits per heavy atom. The van der Waals surface area contributed by atoms with Crippen molar-refractivity contribution in [2.45, 2.75) is 19.4 Å². The van der Waals surface area contributed by atoms with Crippen LogP contribution in [0.25, 0.3) is 0 Å². The quantitative estimate of drug-likeness (QED) is 0.759. The minimum Gasteiger partial charge on any atom is -0.323 e. The standard InChI is InChI=1S/C17H17Cl2FN2O3S/c1-3-15(17(23)21-14-10-11(18)8-9-12(14)19)22(26(2,24)25)16-7-5-4-6-13(16)20/h4-10,15H,3H2,1-2H3,(H,21,23). The van der Waals surface area contributed by atoms with Crippen molar-refractivity contribution in [3.8, 4) is 0 Å². The Labute approximate surface area is 161 Å². The second-order valence-electron chi connectivity index (χ2n) is 5.55. The third-order valence-corrected chi connectivity index (χ3v) is 5.34. The minimum absolute atomic E-state index is 0.116. The second-order valence-corrected chi connectivity index (χ2v) is 8.25. The number of rotatable bonds is 6. The molecule has 26 heavy (non-hydrogen) atoms. The first-order chi connectivity index (χ1) is 12.1. The summed E-state index contributed by atoms with van der Waals surface area (Å²) in [7, 11) is -3.93. The fourth-order valence-corrected chi connectivity index (χ4v) is 4.02. The van der Waals surface area contributed by atoms with E-state index in [4.69, 9.17) is 23.2 Å². The number of amides is 1. The van der Waals surface area contributed by atoms with Crippen molar-refractivity contribution in [3.05, 3.63) is 58.3 Å². The molecule has 2 rings (SSSR count). The maximum atomic E-state index is 14.2. The summed E-state index contributed by atoms with van der Waals surface area (Å²) in [5, 5.41) is 3.16. The molecule has 0 radical (unpaired) electrons. The average molecular weight is 419 g/mol. The molecule has 0 fully saturated rings. The summed E-state index contributed by atoms with van der Waals surface area (Å²) >= 11 is 11.9. The van der Waals surface area contributed by atoms with Crippen molar-refractivity contribution in [1.29, 1.82) is 0 Å². The summed E-state index contributed by atoms with van der Waals surface area (Å²) in [5.41, 5.74) is 0.0405. The van der Waals surface area contributed by atoms with E-state index >= 15 is 0 Å². The number of carbonyl (C=O) groups is 1. The summed E-state index contributed by atoms with van der Waals surface area (Å²) in [6.45, 7) is 1.63. The Balaban J connectivity index is 2.44. The van der Waals surface area contributed by atoms with E-state index in [1.54, 1.807) is 13.0 Å². The fourth-order valence-electron chi connectivity index (χ4n) is 2.48. The summed E-state index contributed by atoms with van der Waals surface area (Å²) in [6.07, 6.45) is 1.03. The summed E-state index contributed by atoms with van der Waals surface area (Å²) in [6, 6.07) is 8.70. The molecule has 2 aromatic carbocycles. The normalized spacial score (nSPS) is 12.5. The highest BCUT2D eigenvalue weighted by Crippen LogP contribution is 2.28. The molecule has 1 N–H and O–H groups in total. The van der Waals surface area contributed by atoms with Crippen molar-refractivity contribution in [2.24, 2.45) is 0 Å². The fraction of sp³-hybridized carbons (Fsp3) is 0.235. The zero-order chi connectivity index (χ0) is 19.5. The highest BCUT2D eigenvalue weighted by atomic mass is 35.5. The molecule has 0 aliphatic rings. The maximum Gasteiger partial charge on any atom is 0.248 e. The van der Waals surface area contributed by atoms with E-state index in [1.165, 1.54) is 30.3 Å². The topological polar surface area (TPSA) is 66.5 Å². The number of nitrogens with one attached hydrogen (secondary N) is 1. The van der Waals surface area contributed by atoms with Crippen LogP contribution in [0.4, 0.5) is 15.8 Å². The number of hydrogen-bond acceptors (Lipinski definition) is 3. The number of anilines is 2. The maximum absolute atomic E-state index is 14.2. The Morgan fingerprint density at radius 2 is 1.88 bits per heavy atom. The van der Waals surface area contributed by atoms with Crippen LogP contribution in [0, 0.1) is 5.82 Å². The number of para-hydroxylation sites is 1. The number of halogens is 3. The van der Waals surface area contributed by atoms with Gasteiger partial charge < -0.3 is 5.32 Å². The molecule has 0 aliphatic heterocycles. The zero-order valence-electron chi connectivity index (χ0n) is 14.0. The third kappa shape index (κ3) is 4.66. The van der Waals surface area contributed by atoms with E-state index < -0.39 is 27.8 Å². The van der Waals surface area contributed by atoms with Crippen LogP contribution in [0.2, 0.25) is 10.0 Å². The van der Waals surface area contributed by atoms with Crippen LogP contribution in [-0.2, 0) is 14.8 Å². The SMILES string of the molecule is CCC(C(=O)Nc1cc(Cl)ccc1Cl)N(c1ccccc1F)S(C)(=O)=O. The van der Waals surface area contributed by atoms with Gasteiger partial charge in [-0.1, -0.05) is 42.3 Å². The van der Waals surface area contributed by atoms with Gasteiger partial charge in [0, 0.05) is 5.02 Å². The first-order valence-corrected chi connectivity index (χ1v) is 10.3. The first kappa shape index (κ1) is 20.5. The molecule has 0 saturated heterocycles. The lowest BCUT2D eigenvalue weighted by Crippen LogP contribution is -2.47. The molecule has 0 saturated carbocycles. The molecule has 1 amide bonds. The number of hydrogen-bond donors (Lipinski definition) is 1. The predicted octanol–water partition coefficient (Wildman–Crippen LogP) is 4.32. The van der Waals surface area contributed by atoms with Gasteiger partial charge in [0.05, 0.1) is 22.7 Å². The molecule has 0 spiro atoms. The van der Waals surface area contributed by atoms with Gasteiger partial charge in [-0.15, -0.1) is 0 Å². The van der Waals surface area contributed by atoms with Gasteiger partial charge >= 0.3 is 0 Å².